The molecule has 29 heavy (non-hydrogen) atoms. The van der Waals surface area contributed by atoms with Gasteiger partial charge in [0, 0.05) is 30.4 Å². The van der Waals surface area contributed by atoms with Gasteiger partial charge < -0.3 is 10.2 Å². The molecule has 7 nitrogen and oxygen atoms in total. The number of hydrogen-bond donors (Lipinski definition) is 1. The highest BCUT2D eigenvalue weighted by atomic mass is 16.1. The van der Waals surface area contributed by atoms with Crippen LogP contribution in [0.25, 0.3) is 5.82 Å². The molecule has 0 radical (unpaired) electrons. The molecular weight excluding hydrogens is 364 g/mol. The molecule has 1 aliphatic heterocycles. The van der Waals surface area contributed by atoms with Crippen LogP contribution in [0.15, 0.2) is 42.5 Å². The number of hydrogen-bond acceptors (Lipinski definition) is 5. The molecule has 4 rings (SSSR count). The second-order valence-corrected chi connectivity index (χ2v) is 7.71. The topological polar surface area (TPSA) is 75.9 Å². The molecule has 0 spiro atoms. The molecular formula is C22H26N6O. The Hall–Kier alpha value is -3.22. The summed E-state index contributed by atoms with van der Waals surface area (Å²) in [6.45, 7) is 7.57. The van der Waals surface area contributed by atoms with Crippen LogP contribution in [-0.2, 0) is 4.79 Å². The number of anilines is 2. The lowest BCUT2D eigenvalue weighted by Crippen LogP contribution is -2.38. The van der Waals surface area contributed by atoms with Gasteiger partial charge in [-0.25, -0.2) is 4.68 Å². The van der Waals surface area contributed by atoms with Crippen LogP contribution < -0.4 is 10.2 Å². The number of nitrogens with one attached hydrogen (secondary N) is 1. The molecule has 3 heterocycles. The lowest BCUT2D eigenvalue weighted by atomic mass is 9.95. The van der Waals surface area contributed by atoms with E-state index in [4.69, 9.17) is 0 Å². The summed E-state index contributed by atoms with van der Waals surface area (Å²) >= 11 is 0. The zero-order chi connectivity index (χ0) is 20.4. The van der Waals surface area contributed by atoms with Crippen LogP contribution in [0.4, 0.5) is 11.5 Å². The molecule has 2 aromatic heterocycles. The predicted octanol–water partition coefficient (Wildman–Crippen LogP) is 3.44. The SMILES string of the molecule is Cc1cccc(NC(=O)C2CCN(c3ccc(-n4nc(C)cc4C)nn3)CC2)c1. The van der Waals surface area contributed by atoms with Crippen LogP contribution in [0.2, 0.25) is 0 Å². The van der Waals surface area contributed by atoms with Crippen molar-refractivity contribution in [3.05, 3.63) is 59.4 Å². The van der Waals surface area contributed by atoms with Crippen LogP contribution >= 0.6 is 0 Å². The van der Waals surface area contributed by atoms with E-state index in [2.05, 4.69) is 25.5 Å². The fourth-order valence-corrected chi connectivity index (χ4v) is 3.80. The number of rotatable bonds is 4. The number of aryl methyl sites for hydroxylation is 3. The van der Waals surface area contributed by atoms with Crippen molar-refractivity contribution in [2.45, 2.75) is 33.6 Å². The van der Waals surface area contributed by atoms with Gasteiger partial charge in [-0.15, -0.1) is 10.2 Å². The number of nitrogens with zero attached hydrogens (tertiary/aromatic N) is 5. The molecule has 1 aliphatic rings. The van der Waals surface area contributed by atoms with Gasteiger partial charge in [0.1, 0.15) is 0 Å². The minimum absolute atomic E-state index is 0.0219. The van der Waals surface area contributed by atoms with Crippen LogP contribution in [0.3, 0.4) is 0 Å². The Bertz CT molecular complexity index is 1000. The third-order valence-corrected chi connectivity index (χ3v) is 5.34. The van der Waals surface area contributed by atoms with Crippen molar-refractivity contribution < 1.29 is 4.79 Å². The third-order valence-electron chi connectivity index (χ3n) is 5.34. The molecule has 1 N–H and O–H groups in total. The van der Waals surface area contributed by atoms with Gasteiger partial charge >= 0.3 is 0 Å². The number of benzene rings is 1. The second kappa shape index (κ2) is 8.03. The highest BCUT2D eigenvalue weighted by Crippen LogP contribution is 2.23. The number of amides is 1. The van der Waals surface area contributed by atoms with E-state index in [1.165, 1.54) is 0 Å². The molecule has 0 saturated carbocycles. The summed E-state index contributed by atoms with van der Waals surface area (Å²) in [7, 11) is 0. The molecule has 0 unspecified atom stereocenters. The largest absolute Gasteiger partial charge is 0.355 e. The number of carbonyl (C=O) groups is 1. The fraction of sp³-hybridized carbons (Fsp3) is 0.364. The first-order valence-corrected chi connectivity index (χ1v) is 9.99. The van der Waals surface area contributed by atoms with E-state index in [1.54, 1.807) is 4.68 Å². The van der Waals surface area contributed by atoms with Gasteiger partial charge in [0.15, 0.2) is 11.6 Å². The van der Waals surface area contributed by atoms with Crippen molar-refractivity contribution in [3.63, 3.8) is 0 Å². The van der Waals surface area contributed by atoms with Crippen LogP contribution in [0, 0.1) is 26.7 Å². The van der Waals surface area contributed by atoms with Crippen molar-refractivity contribution >= 4 is 17.4 Å². The minimum Gasteiger partial charge on any atom is -0.355 e. The second-order valence-electron chi connectivity index (χ2n) is 7.71. The van der Waals surface area contributed by atoms with E-state index in [1.807, 2.05) is 63.2 Å². The van der Waals surface area contributed by atoms with Gasteiger partial charge in [-0.3, -0.25) is 4.79 Å². The summed E-state index contributed by atoms with van der Waals surface area (Å²) in [6, 6.07) is 13.8. The molecule has 1 saturated heterocycles. The van der Waals surface area contributed by atoms with E-state index >= 15 is 0 Å². The molecule has 1 amide bonds. The highest BCUT2D eigenvalue weighted by Gasteiger charge is 2.26. The molecule has 0 atom stereocenters. The monoisotopic (exact) mass is 390 g/mol. The molecule has 7 heteroatoms. The summed E-state index contributed by atoms with van der Waals surface area (Å²) in [5.74, 6) is 1.68. The smallest absolute Gasteiger partial charge is 0.227 e. The lowest BCUT2D eigenvalue weighted by Gasteiger charge is -2.31. The van der Waals surface area contributed by atoms with Crippen molar-refractivity contribution in [1.82, 2.24) is 20.0 Å². The van der Waals surface area contributed by atoms with Gasteiger partial charge in [-0.2, -0.15) is 5.10 Å². The van der Waals surface area contributed by atoms with E-state index in [9.17, 15) is 4.79 Å². The van der Waals surface area contributed by atoms with Crippen LogP contribution in [-0.4, -0.2) is 39.0 Å². The maximum atomic E-state index is 12.6. The van der Waals surface area contributed by atoms with Crippen molar-refractivity contribution in [3.8, 4) is 5.82 Å². The van der Waals surface area contributed by atoms with Gasteiger partial charge in [0.25, 0.3) is 0 Å². The standard InChI is InChI=1S/C22H26N6O/c1-15-5-4-6-19(13-15)23-22(29)18-9-11-27(12-10-18)20-7-8-21(25-24-20)28-17(3)14-16(2)26-28/h4-8,13-14,18H,9-12H2,1-3H3,(H,23,29). The Morgan fingerprint density at radius 3 is 2.34 bits per heavy atom. The first-order valence-electron chi connectivity index (χ1n) is 9.99. The average Bonchev–Trinajstić information content (AvgIpc) is 3.06. The fourth-order valence-electron chi connectivity index (χ4n) is 3.80. The first-order chi connectivity index (χ1) is 14.0. The van der Waals surface area contributed by atoms with E-state index in [0.717, 1.165) is 54.4 Å². The van der Waals surface area contributed by atoms with Crippen molar-refractivity contribution in [2.24, 2.45) is 5.92 Å². The lowest BCUT2D eigenvalue weighted by molar-refractivity contribution is -0.120. The molecule has 1 aromatic carbocycles. The number of carbonyl (C=O) groups excluding carboxylic acids is 1. The zero-order valence-electron chi connectivity index (χ0n) is 17.1. The Labute approximate surface area is 170 Å². The maximum absolute atomic E-state index is 12.6. The average molecular weight is 390 g/mol. The predicted molar refractivity (Wildman–Crippen MR) is 113 cm³/mol. The third kappa shape index (κ3) is 4.29. The Morgan fingerprint density at radius 1 is 1.00 bits per heavy atom. The van der Waals surface area contributed by atoms with E-state index in [0.29, 0.717) is 5.82 Å². The molecule has 1 fully saturated rings. The summed E-state index contributed by atoms with van der Waals surface area (Å²) < 4.78 is 1.80. The first kappa shape index (κ1) is 19.1. The van der Waals surface area contributed by atoms with Crippen molar-refractivity contribution in [2.75, 3.05) is 23.3 Å². The van der Waals surface area contributed by atoms with Crippen molar-refractivity contribution in [1.29, 1.82) is 0 Å². The van der Waals surface area contributed by atoms with E-state index in [-0.39, 0.29) is 11.8 Å². The molecule has 3 aromatic rings. The quantitative estimate of drug-likeness (QED) is 0.738. The highest BCUT2D eigenvalue weighted by molar-refractivity contribution is 5.92. The molecule has 0 aliphatic carbocycles. The van der Waals surface area contributed by atoms with Crippen LogP contribution in [0.1, 0.15) is 29.8 Å². The van der Waals surface area contributed by atoms with Gasteiger partial charge in [0.2, 0.25) is 5.91 Å². The summed E-state index contributed by atoms with van der Waals surface area (Å²) in [4.78, 5) is 14.8. The summed E-state index contributed by atoms with van der Waals surface area (Å²) in [5.41, 5.74) is 3.99. The summed E-state index contributed by atoms with van der Waals surface area (Å²) in [5, 5.41) is 16.2. The van der Waals surface area contributed by atoms with E-state index < -0.39 is 0 Å². The Morgan fingerprint density at radius 2 is 1.72 bits per heavy atom. The summed E-state index contributed by atoms with van der Waals surface area (Å²) in [6.07, 6.45) is 1.61. The normalized spacial score (nSPS) is 14.8. The number of aromatic nitrogens is 4. The molecule has 150 valence electrons. The van der Waals surface area contributed by atoms with Gasteiger partial charge in [-0.1, -0.05) is 12.1 Å². The minimum atomic E-state index is 0.0219. The van der Waals surface area contributed by atoms with Gasteiger partial charge in [0.05, 0.1) is 5.69 Å². The zero-order valence-corrected chi connectivity index (χ0v) is 17.1. The Kier molecular flexibility index (Phi) is 5.29. The number of piperidine rings is 1. The van der Waals surface area contributed by atoms with Gasteiger partial charge in [-0.05, 0) is 69.5 Å². The van der Waals surface area contributed by atoms with Crippen LogP contribution in [0.5, 0.6) is 0 Å². The molecule has 0 bridgehead atoms. The maximum Gasteiger partial charge on any atom is 0.227 e. The Balaban J connectivity index is 1.35.